The highest BCUT2D eigenvalue weighted by atomic mass is 16.2. The van der Waals surface area contributed by atoms with Gasteiger partial charge in [-0.05, 0) is 53.8 Å². The van der Waals surface area contributed by atoms with Crippen LogP contribution in [-0.2, 0) is 17.6 Å². The first kappa shape index (κ1) is 18.7. The molecule has 1 atom stereocenters. The van der Waals surface area contributed by atoms with Crippen LogP contribution in [0.2, 0.25) is 0 Å². The molecule has 0 aromatic carbocycles. The van der Waals surface area contributed by atoms with Crippen LogP contribution in [0, 0.1) is 0 Å². The van der Waals surface area contributed by atoms with E-state index in [9.17, 15) is 4.79 Å². The molecule has 3 heterocycles. The third-order valence-corrected chi connectivity index (χ3v) is 4.23. The molecule has 6 heteroatoms. The predicted molar refractivity (Wildman–Crippen MR) is 104 cm³/mol. The minimum absolute atomic E-state index is 0.0526. The summed E-state index contributed by atoms with van der Waals surface area (Å²) in [5.41, 5.74) is 3.13. The topological polar surface area (TPSA) is 79.8 Å². The van der Waals surface area contributed by atoms with Crippen LogP contribution < -0.4 is 10.6 Å². The zero-order valence-corrected chi connectivity index (χ0v) is 15.1. The zero-order valence-electron chi connectivity index (χ0n) is 15.1. The summed E-state index contributed by atoms with van der Waals surface area (Å²) in [5.74, 6) is -0.0526. The van der Waals surface area contributed by atoms with E-state index in [0.29, 0.717) is 13.1 Å². The minimum Gasteiger partial charge on any atom is -0.354 e. The van der Waals surface area contributed by atoms with Gasteiger partial charge in [-0.2, -0.15) is 0 Å². The highest BCUT2D eigenvalue weighted by molar-refractivity contribution is 5.83. The minimum atomic E-state index is -0.437. The van der Waals surface area contributed by atoms with Crippen molar-refractivity contribution < 1.29 is 4.79 Å². The van der Waals surface area contributed by atoms with Crippen molar-refractivity contribution in [3.63, 3.8) is 0 Å². The third kappa shape index (κ3) is 5.97. The zero-order chi connectivity index (χ0) is 18.7. The molecule has 138 valence electrons. The number of hydrogen-bond acceptors (Lipinski definition) is 5. The van der Waals surface area contributed by atoms with Crippen LogP contribution in [-0.4, -0.2) is 33.9 Å². The number of nitrogens with zero attached hydrogens (tertiary/aromatic N) is 3. The van der Waals surface area contributed by atoms with Gasteiger partial charge in [0.15, 0.2) is 0 Å². The Morgan fingerprint density at radius 3 is 2.26 bits per heavy atom. The molecule has 0 bridgehead atoms. The number of pyridine rings is 3. The van der Waals surface area contributed by atoms with Gasteiger partial charge in [-0.15, -0.1) is 0 Å². The van der Waals surface area contributed by atoms with Gasteiger partial charge in [0, 0.05) is 50.3 Å². The van der Waals surface area contributed by atoms with Crippen LogP contribution in [0.1, 0.15) is 22.7 Å². The normalized spacial score (nSPS) is 11.7. The molecule has 27 heavy (non-hydrogen) atoms. The molecular formula is C21H23N5O. The molecule has 0 fully saturated rings. The SMILES string of the molecule is O=C(NCCc1ccncc1)C(NCCc1cccnc1)c1cccnc1. The molecule has 1 amide bonds. The average Bonchev–Trinajstić information content (AvgIpc) is 2.73. The Balaban J connectivity index is 1.56. The number of aromatic nitrogens is 3. The molecule has 3 aromatic rings. The highest BCUT2D eigenvalue weighted by Crippen LogP contribution is 2.12. The Labute approximate surface area is 159 Å². The van der Waals surface area contributed by atoms with Crippen LogP contribution in [0.25, 0.3) is 0 Å². The summed E-state index contributed by atoms with van der Waals surface area (Å²) in [6, 6.07) is 11.2. The fourth-order valence-electron chi connectivity index (χ4n) is 2.80. The Kier molecular flexibility index (Phi) is 7.00. The first-order chi connectivity index (χ1) is 13.3. The molecule has 0 aliphatic rings. The van der Waals surface area contributed by atoms with Crippen molar-refractivity contribution in [1.29, 1.82) is 0 Å². The number of carbonyl (C=O) groups excluding carboxylic acids is 1. The van der Waals surface area contributed by atoms with E-state index in [2.05, 4.69) is 25.6 Å². The van der Waals surface area contributed by atoms with Gasteiger partial charge in [-0.25, -0.2) is 0 Å². The summed E-state index contributed by atoms with van der Waals surface area (Å²) in [7, 11) is 0. The van der Waals surface area contributed by atoms with E-state index in [1.165, 1.54) is 0 Å². The number of carbonyl (C=O) groups is 1. The van der Waals surface area contributed by atoms with Crippen LogP contribution in [0.3, 0.4) is 0 Å². The largest absolute Gasteiger partial charge is 0.354 e. The van der Waals surface area contributed by atoms with Crippen LogP contribution >= 0.6 is 0 Å². The Morgan fingerprint density at radius 2 is 1.56 bits per heavy atom. The molecule has 3 aromatic heterocycles. The fraction of sp³-hybridized carbons (Fsp3) is 0.238. The van der Waals surface area contributed by atoms with Gasteiger partial charge in [0.1, 0.15) is 6.04 Å². The lowest BCUT2D eigenvalue weighted by atomic mass is 10.1. The Bertz CT molecular complexity index is 812. The second kappa shape index (κ2) is 10.1. The molecule has 3 rings (SSSR count). The van der Waals surface area contributed by atoms with Gasteiger partial charge >= 0.3 is 0 Å². The molecule has 0 aliphatic carbocycles. The molecule has 0 saturated carbocycles. The number of amides is 1. The van der Waals surface area contributed by atoms with E-state index in [-0.39, 0.29) is 5.91 Å². The van der Waals surface area contributed by atoms with Crippen molar-refractivity contribution in [2.24, 2.45) is 0 Å². The summed E-state index contributed by atoms with van der Waals surface area (Å²) in [5, 5.41) is 6.36. The summed E-state index contributed by atoms with van der Waals surface area (Å²) >= 11 is 0. The maximum Gasteiger partial charge on any atom is 0.241 e. The Hall–Kier alpha value is -3.12. The maximum absolute atomic E-state index is 12.8. The van der Waals surface area contributed by atoms with Crippen LogP contribution in [0.5, 0.6) is 0 Å². The standard InChI is InChI=1S/C21H23N5O/c27-21(26-14-7-17-5-11-22-12-6-17)20(19-4-2-10-24-16-19)25-13-8-18-3-1-9-23-15-18/h1-6,9-12,15-16,20,25H,7-8,13-14H2,(H,26,27). The molecule has 0 radical (unpaired) electrons. The first-order valence-corrected chi connectivity index (χ1v) is 9.02. The molecular weight excluding hydrogens is 338 g/mol. The van der Waals surface area contributed by atoms with Gasteiger partial charge < -0.3 is 10.6 Å². The molecule has 0 aliphatic heterocycles. The lowest BCUT2D eigenvalue weighted by Gasteiger charge is -2.18. The second-order valence-corrected chi connectivity index (χ2v) is 6.18. The summed E-state index contributed by atoms with van der Waals surface area (Å²) < 4.78 is 0. The second-order valence-electron chi connectivity index (χ2n) is 6.18. The fourth-order valence-corrected chi connectivity index (χ4v) is 2.80. The van der Waals surface area contributed by atoms with E-state index < -0.39 is 6.04 Å². The van der Waals surface area contributed by atoms with Gasteiger partial charge in [0.05, 0.1) is 0 Å². The van der Waals surface area contributed by atoms with Crippen molar-refractivity contribution in [3.8, 4) is 0 Å². The average molecular weight is 361 g/mol. The summed E-state index contributed by atoms with van der Waals surface area (Å²) in [6.07, 6.45) is 12.1. The van der Waals surface area contributed by atoms with Crippen molar-refractivity contribution in [2.75, 3.05) is 13.1 Å². The molecule has 0 spiro atoms. The molecule has 0 saturated heterocycles. The van der Waals surface area contributed by atoms with Crippen LogP contribution in [0.4, 0.5) is 0 Å². The van der Waals surface area contributed by atoms with Crippen molar-refractivity contribution in [1.82, 2.24) is 25.6 Å². The van der Waals surface area contributed by atoms with Crippen molar-refractivity contribution >= 4 is 5.91 Å². The van der Waals surface area contributed by atoms with Gasteiger partial charge in [-0.1, -0.05) is 12.1 Å². The number of rotatable bonds is 9. The highest BCUT2D eigenvalue weighted by Gasteiger charge is 2.19. The third-order valence-electron chi connectivity index (χ3n) is 4.23. The first-order valence-electron chi connectivity index (χ1n) is 9.02. The van der Waals surface area contributed by atoms with E-state index in [4.69, 9.17) is 0 Å². The lowest BCUT2D eigenvalue weighted by molar-refractivity contribution is -0.123. The summed E-state index contributed by atoms with van der Waals surface area (Å²) in [4.78, 5) is 25.0. The van der Waals surface area contributed by atoms with Gasteiger partial charge in [0.2, 0.25) is 5.91 Å². The van der Waals surface area contributed by atoms with E-state index in [0.717, 1.165) is 29.5 Å². The molecule has 1 unspecified atom stereocenters. The molecule has 6 nitrogen and oxygen atoms in total. The number of nitrogens with one attached hydrogen (secondary N) is 2. The van der Waals surface area contributed by atoms with Crippen LogP contribution in [0.15, 0.2) is 73.6 Å². The van der Waals surface area contributed by atoms with Crippen molar-refractivity contribution in [2.45, 2.75) is 18.9 Å². The van der Waals surface area contributed by atoms with E-state index in [1.807, 2.05) is 42.6 Å². The van der Waals surface area contributed by atoms with E-state index >= 15 is 0 Å². The number of hydrogen-bond donors (Lipinski definition) is 2. The van der Waals surface area contributed by atoms with Crippen molar-refractivity contribution in [3.05, 3.63) is 90.3 Å². The Morgan fingerprint density at radius 1 is 0.815 bits per heavy atom. The molecule has 2 N–H and O–H groups in total. The van der Waals surface area contributed by atoms with E-state index in [1.54, 1.807) is 31.0 Å². The smallest absolute Gasteiger partial charge is 0.241 e. The van der Waals surface area contributed by atoms with Gasteiger partial charge in [0.25, 0.3) is 0 Å². The lowest BCUT2D eigenvalue weighted by Crippen LogP contribution is -2.39. The quantitative estimate of drug-likeness (QED) is 0.610. The maximum atomic E-state index is 12.8. The monoisotopic (exact) mass is 361 g/mol. The predicted octanol–water partition coefficient (Wildman–Crippen LogP) is 2.10. The van der Waals surface area contributed by atoms with Gasteiger partial charge in [-0.3, -0.25) is 19.7 Å². The summed E-state index contributed by atoms with van der Waals surface area (Å²) in [6.45, 7) is 1.24.